The third-order valence-electron chi connectivity index (χ3n) is 5.03. The highest BCUT2D eigenvalue weighted by Crippen LogP contribution is 2.31. The van der Waals surface area contributed by atoms with E-state index in [0.717, 1.165) is 35.9 Å². The van der Waals surface area contributed by atoms with Crippen LogP contribution < -0.4 is 5.32 Å². The molecule has 0 bridgehead atoms. The normalized spacial score (nSPS) is 22.0. The van der Waals surface area contributed by atoms with Gasteiger partial charge in [-0.3, -0.25) is 4.79 Å². The second-order valence-electron chi connectivity index (χ2n) is 6.91. The Morgan fingerprint density at radius 3 is 2.85 bits per heavy atom. The molecule has 0 spiro atoms. The zero-order chi connectivity index (χ0) is 18.6. The van der Waals surface area contributed by atoms with E-state index in [9.17, 15) is 13.2 Å². The fourth-order valence-electron chi connectivity index (χ4n) is 3.56. The monoisotopic (exact) mass is 460 g/mol. The van der Waals surface area contributed by atoms with E-state index in [1.807, 2.05) is 0 Å². The van der Waals surface area contributed by atoms with Gasteiger partial charge in [0.25, 0.3) is 10.0 Å². The van der Waals surface area contributed by atoms with Crippen LogP contribution in [0.5, 0.6) is 0 Å². The molecule has 2 aliphatic rings. The van der Waals surface area contributed by atoms with Crippen LogP contribution >= 0.6 is 27.3 Å². The zero-order valence-electron chi connectivity index (χ0n) is 14.7. The predicted octanol–water partition coefficient (Wildman–Crippen LogP) is 3.92. The number of rotatable bonds is 6. The molecule has 0 radical (unpaired) electrons. The molecule has 1 amide bonds. The number of sulfonamides is 1. The van der Waals surface area contributed by atoms with Crippen molar-refractivity contribution in [2.45, 2.75) is 49.2 Å². The molecule has 1 aromatic heterocycles. The van der Waals surface area contributed by atoms with Crippen molar-refractivity contribution in [1.82, 2.24) is 9.62 Å². The number of carbonyl (C=O) groups excluding carboxylic acids is 1. The predicted molar refractivity (Wildman–Crippen MR) is 108 cm³/mol. The van der Waals surface area contributed by atoms with Crippen molar-refractivity contribution in [3.05, 3.63) is 27.6 Å². The maximum absolute atomic E-state index is 12.8. The van der Waals surface area contributed by atoms with Crippen molar-refractivity contribution in [3.8, 4) is 0 Å². The van der Waals surface area contributed by atoms with Gasteiger partial charge in [0, 0.05) is 19.6 Å². The topological polar surface area (TPSA) is 66.5 Å². The van der Waals surface area contributed by atoms with Crippen molar-refractivity contribution in [3.63, 3.8) is 0 Å². The first kappa shape index (κ1) is 20.0. The molecule has 1 aromatic rings. The van der Waals surface area contributed by atoms with Crippen molar-refractivity contribution < 1.29 is 13.2 Å². The number of nitrogens with one attached hydrogen (secondary N) is 1. The van der Waals surface area contributed by atoms with E-state index >= 15 is 0 Å². The summed E-state index contributed by atoms with van der Waals surface area (Å²) < 4.78 is 28.1. The number of piperidine rings is 1. The van der Waals surface area contributed by atoms with Gasteiger partial charge in [0.1, 0.15) is 4.21 Å². The highest BCUT2D eigenvalue weighted by atomic mass is 79.9. The number of halogens is 1. The van der Waals surface area contributed by atoms with Gasteiger partial charge in [0.2, 0.25) is 5.91 Å². The third-order valence-corrected chi connectivity index (χ3v) is 8.98. The number of thiophene rings is 1. The molecule has 1 saturated heterocycles. The second-order valence-corrected chi connectivity index (χ2v) is 11.5. The van der Waals surface area contributed by atoms with Crippen LogP contribution in [0.25, 0.3) is 0 Å². The maximum Gasteiger partial charge on any atom is 0.252 e. The minimum Gasteiger partial charge on any atom is -0.356 e. The van der Waals surface area contributed by atoms with Crippen molar-refractivity contribution in [2.24, 2.45) is 5.92 Å². The first-order valence-corrected chi connectivity index (χ1v) is 12.2. The number of allylic oxidation sites excluding steroid dienone is 1. The Hall–Kier alpha value is -0.700. The number of nitrogens with zero attached hydrogens (tertiary/aromatic N) is 1. The van der Waals surface area contributed by atoms with Crippen molar-refractivity contribution >= 4 is 43.2 Å². The van der Waals surface area contributed by atoms with Crippen LogP contribution in [0.3, 0.4) is 0 Å². The first-order valence-electron chi connectivity index (χ1n) is 9.18. The average molecular weight is 461 g/mol. The molecular formula is C18H25BrN2O3S2. The standard InChI is InChI=1S/C18H25BrN2O3S2/c19-16-8-9-17(25-16)26(23,24)21-12-4-7-15(13-21)18(22)20-11-10-14-5-2-1-3-6-14/h5,8-9,15H,1-4,6-7,10-13H2,(H,20,22). The molecule has 1 aliphatic heterocycles. The molecule has 1 atom stereocenters. The van der Waals surface area contributed by atoms with Crippen LogP contribution in [-0.4, -0.2) is 38.3 Å². The van der Waals surface area contributed by atoms with Gasteiger partial charge in [-0.2, -0.15) is 4.31 Å². The highest BCUT2D eigenvalue weighted by Gasteiger charge is 2.33. The molecular weight excluding hydrogens is 436 g/mol. The van der Waals surface area contributed by atoms with Gasteiger partial charge >= 0.3 is 0 Å². The summed E-state index contributed by atoms with van der Waals surface area (Å²) in [6, 6.07) is 3.36. The Labute approximate surface area is 168 Å². The lowest BCUT2D eigenvalue weighted by atomic mass is 9.96. The van der Waals surface area contributed by atoms with E-state index in [2.05, 4.69) is 27.3 Å². The van der Waals surface area contributed by atoms with Crippen LogP contribution in [0, 0.1) is 5.92 Å². The number of hydrogen-bond acceptors (Lipinski definition) is 4. The van der Waals surface area contributed by atoms with Crippen LogP contribution in [0.4, 0.5) is 0 Å². The fraction of sp³-hybridized carbons (Fsp3) is 0.611. The molecule has 1 unspecified atom stereocenters. The zero-order valence-corrected chi connectivity index (χ0v) is 18.0. The van der Waals surface area contributed by atoms with Gasteiger partial charge in [0.15, 0.2) is 0 Å². The lowest BCUT2D eigenvalue weighted by Crippen LogP contribution is -2.45. The smallest absolute Gasteiger partial charge is 0.252 e. The van der Waals surface area contributed by atoms with Gasteiger partial charge in [-0.1, -0.05) is 11.6 Å². The van der Waals surface area contributed by atoms with Crippen LogP contribution in [-0.2, 0) is 14.8 Å². The summed E-state index contributed by atoms with van der Waals surface area (Å²) in [6.45, 7) is 1.40. The van der Waals surface area contributed by atoms with Gasteiger partial charge in [-0.05, 0) is 73.0 Å². The molecule has 5 nitrogen and oxygen atoms in total. The summed E-state index contributed by atoms with van der Waals surface area (Å²) in [4.78, 5) is 12.5. The SMILES string of the molecule is O=C(NCCC1=CCCCC1)C1CCCN(S(=O)(=O)c2ccc(Br)s2)C1. The lowest BCUT2D eigenvalue weighted by molar-refractivity contribution is -0.126. The summed E-state index contributed by atoms with van der Waals surface area (Å²) in [5.41, 5.74) is 1.44. The summed E-state index contributed by atoms with van der Waals surface area (Å²) in [7, 11) is -3.51. The van der Waals surface area contributed by atoms with Crippen molar-refractivity contribution in [1.29, 1.82) is 0 Å². The maximum atomic E-state index is 12.8. The first-order chi connectivity index (χ1) is 12.5. The summed E-state index contributed by atoms with van der Waals surface area (Å²) in [6.07, 6.45) is 9.47. The van der Waals surface area contributed by atoms with E-state index < -0.39 is 10.0 Å². The molecule has 1 N–H and O–H groups in total. The molecule has 2 heterocycles. The number of carbonyl (C=O) groups is 1. The Balaban J connectivity index is 1.54. The molecule has 144 valence electrons. The number of amides is 1. The lowest BCUT2D eigenvalue weighted by Gasteiger charge is -2.30. The third kappa shape index (κ3) is 4.97. The van der Waals surface area contributed by atoms with E-state index in [1.54, 1.807) is 12.1 Å². The largest absolute Gasteiger partial charge is 0.356 e. The molecule has 0 aromatic carbocycles. The summed E-state index contributed by atoms with van der Waals surface area (Å²) in [5, 5.41) is 3.01. The van der Waals surface area contributed by atoms with Crippen LogP contribution in [0.15, 0.2) is 31.8 Å². The summed E-state index contributed by atoms with van der Waals surface area (Å²) in [5.74, 6) is -0.282. The Morgan fingerprint density at radius 2 is 2.15 bits per heavy atom. The van der Waals surface area contributed by atoms with Crippen LogP contribution in [0.2, 0.25) is 0 Å². The molecule has 1 aliphatic carbocycles. The highest BCUT2D eigenvalue weighted by molar-refractivity contribution is 9.11. The number of hydrogen-bond donors (Lipinski definition) is 1. The van der Waals surface area contributed by atoms with E-state index in [0.29, 0.717) is 17.3 Å². The fourth-order valence-corrected chi connectivity index (χ4v) is 7.25. The van der Waals surface area contributed by atoms with Crippen LogP contribution in [0.1, 0.15) is 44.9 Å². The molecule has 26 heavy (non-hydrogen) atoms. The quantitative estimate of drug-likeness (QED) is 0.654. The molecule has 3 rings (SSSR count). The van der Waals surface area contributed by atoms with E-state index in [-0.39, 0.29) is 18.4 Å². The van der Waals surface area contributed by atoms with Gasteiger partial charge in [-0.15, -0.1) is 11.3 Å². The summed E-state index contributed by atoms with van der Waals surface area (Å²) >= 11 is 4.52. The minimum absolute atomic E-state index is 0.0198. The Morgan fingerprint density at radius 1 is 1.31 bits per heavy atom. The van der Waals surface area contributed by atoms with Gasteiger partial charge in [0.05, 0.1) is 9.70 Å². The second kappa shape index (κ2) is 8.99. The van der Waals surface area contributed by atoms with Crippen molar-refractivity contribution in [2.75, 3.05) is 19.6 Å². The van der Waals surface area contributed by atoms with Gasteiger partial charge < -0.3 is 5.32 Å². The molecule has 1 fully saturated rings. The minimum atomic E-state index is -3.51. The van der Waals surface area contributed by atoms with E-state index in [4.69, 9.17) is 0 Å². The average Bonchev–Trinajstić information content (AvgIpc) is 3.10. The Kier molecular flexibility index (Phi) is 6.93. The van der Waals surface area contributed by atoms with E-state index in [1.165, 1.54) is 34.1 Å². The Bertz CT molecular complexity index is 773. The molecule has 8 heteroatoms. The van der Waals surface area contributed by atoms with Gasteiger partial charge in [-0.25, -0.2) is 8.42 Å². The molecule has 0 saturated carbocycles.